The molecule has 1 aromatic carbocycles. The molecular formula is C22H25F2N3O3. The van der Waals surface area contributed by atoms with Gasteiger partial charge < -0.3 is 14.7 Å². The summed E-state index contributed by atoms with van der Waals surface area (Å²) in [6.07, 6.45) is 8.60. The van der Waals surface area contributed by atoms with E-state index in [2.05, 4.69) is 9.97 Å². The standard InChI is InChI=1S/C22H25F2N3O3/c23-17-10-15(19-12-25-13-20(26-19)30-16-3-1-2-4-16)11-18(24)22(17)27-7-5-14(6-8-27)9-21(28)29/h10-14,16H,1-9H2,(H,28,29). The second-order valence-electron chi connectivity index (χ2n) is 8.08. The third-order valence-electron chi connectivity index (χ3n) is 5.91. The van der Waals surface area contributed by atoms with Crippen LogP contribution < -0.4 is 9.64 Å². The van der Waals surface area contributed by atoms with E-state index in [9.17, 15) is 13.6 Å². The Kier molecular flexibility index (Phi) is 6.11. The molecule has 0 amide bonds. The van der Waals surface area contributed by atoms with Gasteiger partial charge in [-0.25, -0.2) is 13.8 Å². The van der Waals surface area contributed by atoms with Crippen molar-refractivity contribution in [2.45, 2.75) is 51.0 Å². The largest absolute Gasteiger partial charge is 0.481 e. The smallest absolute Gasteiger partial charge is 0.303 e. The number of benzene rings is 1. The van der Waals surface area contributed by atoms with E-state index in [1.54, 1.807) is 4.90 Å². The Balaban J connectivity index is 1.50. The molecule has 0 bridgehead atoms. The molecular weight excluding hydrogens is 392 g/mol. The quantitative estimate of drug-likeness (QED) is 0.749. The van der Waals surface area contributed by atoms with Crippen molar-refractivity contribution in [1.82, 2.24) is 9.97 Å². The van der Waals surface area contributed by atoms with Crippen molar-refractivity contribution in [3.63, 3.8) is 0 Å². The summed E-state index contributed by atoms with van der Waals surface area (Å²) in [4.78, 5) is 21.0. The van der Waals surface area contributed by atoms with E-state index in [0.717, 1.165) is 25.7 Å². The van der Waals surface area contributed by atoms with E-state index < -0.39 is 17.6 Å². The molecule has 8 heteroatoms. The highest BCUT2D eigenvalue weighted by atomic mass is 19.1. The van der Waals surface area contributed by atoms with Gasteiger partial charge in [-0.1, -0.05) is 0 Å². The van der Waals surface area contributed by atoms with Crippen LogP contribution in [0.5, 0.6) is 5.88 Å². The van der Waals surface area contributed by atoms with E-state index >= 15 is 0 Å². The number of piperidine rings is 1. The molecule has 6 nitrogen and oxygen atoms in total. The molecule has 1 aliphatic carbocycles. The van der Waals surface area contributed by atoms with Crippen LogP contribution in [0.3, 0.4) is 0 Å². The summed E-state index contributed by atoms with van der Waals surface area (Å²) in [5.41, 5.74) is 0.591. The van der Waals surface area contributed by atoms with Crippen LogP contribution >= 0.6 is 0 Å². The van der Waals surface area contributed by atoms with Crippen molar-refractivity contribution in [3.05, 3.63) is 36.2 Å². The first-order valence-electron chi connectivity index (χ1n) is 10.4. The highest BCUT2D eigenvalue weighted by Crippen LogP contribution is 2.33. The molecule has 1 aromatic heterocycles. The van der Waals surface area contributed by atoms with Gasteiger partial charge in [0, 0.05) is 25.1 Å². The Bertz CT molecular complexity index is 887. The van der Waals surface area contributed by atoms with Gasteiger partial charge >= 0.3 is 5.97 Å². The Morgan fingerprint density at radius 3 is 2.40 bits per heavy atom. The van der Waals surface area contributed by atoms with Crippen LogP contribution in [0.4, 0.5) is 14.5 Å². The first-order valence-corrected chi connectivity index (χ1v) is 10.4. The molecule has 1 aliphatic heterocycles. The van der Waals surface area contributed by atoms with Gasteiger partial charge in [0.25, 0.3) is 0 Å². The van der Waals surface area contributed by atoms with Gasteiger partial charge in [-0.15, -0.1) is 0 Å². The first kappa shape index (κ1) is 20.5. The third-order valence-corrected chi connectivity index (χ3v) is 5.91. The molecule has 2 heterocycles. The minimum atomic E-state index is -0.838. The van der Waals surface area contributed by atoms with Gasteiger partial charge in [0.2, 0.25) is 5.88 Å². The van der Waals surface area contributed by atoms with Crippen molar-refractivity contribution < 1.29 is 23.4 Å². The molecule has 2 aromatic rings. The topological polar surface area (TPSA) is 75.5 Å². The summed E-state index contributed by atoms with van der Waals surface area (Å²) in [5.74, 6) is -1.75. The van der Waals surface area contributed by atoms with Crippen LogP contribution in [0.2, 0.25) is 0 Å². The van der Waals surface area contributed by atoms with Crippen LogP contribution in [-0.2, 0) is 4.79 Å². The molecule has 0 spiro atoms. The van der Waals surface area contributed by atoms with Gasteiger partial charge in [0.1, 0.15) is 23.4 Å². The molecule has 0 radical (unpaired) electrons. The maximum atomic E-state index is 14.9. The number of ether oxygens (including phenoxy) is 1. The molecule has 160 valence electrons. The summed E-state index contributed by atoms with van der Waals surface area (Å²) in [7, 11) is 0. The highest BCUT2D eigenvalue weighted by molar-refractivity contribution is 5.67. The van der Waals surface area contributed by atoms with Gasteiger partial charge in [0.15, 0.2) is 0 Å². The number of carboxylic acid groups (broad SMARTS) is 1. The zero-order chi connectivity index (χ0) is 21.1. The SMILES string of the molecule is O=C(O)CC1CCN(c2c(F)cc(-c3cncc(OC4CCCC4)n3)cc2F)CC1. The fraction of sp³-hybridized carbons (Fsp3) is 0.500. The van der Waals surface area contributed by atoms with E-state index in [1.165, 1.54) is 24.5 Å². The number of hydrogen-bond acceptors (Lipinski definition) is 5. The molecule has 0 unspecified atom stereocenters. The fourth-order valence-corrected chi connectivity index (χ4v) is 4.34. The second-order valence-corrected chi connectivity index (χ2v) is 8.08. The van der Waals surface area contributed by atoms with Crippen LogP contribution in [0.25, 0.3) is 11.3 Å². The van der Waals surface area contributed by atoms with Gasteiger partial charge in [-0.3, -0.25) is 9.78 Å². The fourth-order valence-electron chi connectivity index (χ4n) is 4.34. The monoisotopic (exact) mass is 417 g/mol. The van der Waals surface area contributed by atoms with Crippen molar-refractivity contribution in [2.75, 3.05) is 18.0 Å². The summed E-state index contributed by atoms with van der Waals surface area (Å²) >= 11 is 0. The van der Waals surface area contributed by atoms with Gasteiger partial charge in [-0.2, -0.15) is 0 Å². The zero-order valence-corrected chi connectivity index (χ0v) is 16.7. The molecule has 30 heavy (non-hydrogen) atoms. The average molecular weight is 417 g/mol. The van der Waals surface area contributed by atoms with Crippen LogP contribution in [0, 0.1) is 17.6 Å². The van der Waals surface area contributed by atoms with E-state index in [-0.39, 0.29) is 24.1 Å². The number of aromatic nitrogens is 2. The number of halogens is 2. The lowest BCUT2D eigenvalue weighted by molar-refractivity contribution is -0.138. The molecule has 1 N–H and O–H groups in total. The van der Waals surface area contributed by atoms with Crippen molar-refractivity contribution in [1.29, 1.82) is 0 Å². The normalized spacial score (nSPS) is 18.0. The predicted molar refractivity (Wildman–Crippen MR) is 107 cm³/mol. The highest BCUT2D eigenvalue weighted by Gasteiger charge is 2.26. The van der Waals surface area contributed by atoms with Crippen molar-refractivity contribution in [3.8, 4) is 17.1 Å². The average Bonchev–Trinajstić information content (AvgIpc) is 3.21. The number of hydrogen-bond donors (Lipinski definition) is 1. The minimum absolute atomic E-state index is 0.0435. The van der Waals surface area contributed by atoms with Crippen molar-refractivity contribution in [2.24, 2.45) is 5.92 Å². The maximum Gasteiger partial charge on any atom is 0.303 e. The summed E-state index contributed by atoms with van der Waals surface area (Å²) < 4.78 is 35.6. The lowest BCUT2D eigenvalue weighted by atomic mass is 9.93. The third kappa shape index (κ3) is 4.68. The maximum absolute atomic E-state index is 14.9. The minimum Gasteiger partial charge on any atom is -0.481 e. The second kappa shape index (κ2) is 8.93. The van der Waals surface area contributed by atoms with Crippen LogP contribution in [-0.4, -0.2) is 40.2 Å². The Morgan fingerprint density at radius 2 is 1.77 bits per heavy atom. The molecule has 1 saturated carbocycles. The number of aliphatic carboxylic acids is 1. The van der Waals surface area contributed by atoms with Crippen molar-refractivity contribution >= 4 is 11.7 Å². The Labute approximate surface area is 173 Å². The number of nitrogens with zero attached hydrogens (tertiary/aromatic N) is 3. The van der Waals surface area contributed by atoms with E-state index in [4.69, 9.17) is 9.84 Å². The summed E-state index contributed by atoms with van der Waals surface area (Å²) in [5, 5.41) is 8.92. The first-order chi connectivity index (χ1) is 14.5. The van der Waals surface area contributed by atoms with E-state index in [1.807, 2.05) is 0 Å². The predicted octanol–water partition coefficient (Wildman–Crippen LogP) is 4.43. The van der Waals surface area contributed by atoms with Crippen LogP contribution in [0.15, 0.2) is 24.5 Å². The Hall–Kier alpha value is -2.77. The van der Waals surface area contributed by atoms with Crippen LogP contribution in [0.1, 0.15) is 44.9 Å². The van der Waals surface area contributed by atoms with E-state index in [0.29, 0.717) is 43.1 Å². The van der Waals surface area contributed by atoms with Gasteiger partial charge in [0.05, 0.1) is 18.1 Å². The molecule has 0 atom stereocenters. The molecule has 2 fully saturated rings. The Morgan fingerprint density at radius 1 is 1.10 bits per heavy atom. The number of carboxylic acids is 1. The number of anilines is 1. The lowest BCUT2D eigenvalue weighted by Crippen LogP contribution is -2.35. The van der Waals surface area contributed by atoms with Gasteiger partial charge in [-0.05, 0) is 56.6 Å². The zero-order valence-electron chi connectivity index (χ0n) is 16.7. The molecule has 4 rings (SSSR count). The number of rotatable bonds is 6. The lowest BCUT2D eigenvalue weighted by Gasteiger charge is -2.33. The summed E-state index contributed by atoms with van der Waals surface area (Å²) in [6.45, 7) is 0.852. The number of carbonyl (C=O) groups is 1. The summed E-state index contributed by atoms with van der Waals surface area (Å²) in [6, 6.07) is 2.54. The molecule has 2 aliphatic rings. The molecule has 1 saturated heterocycles.